The van der Waals surface area contributed by atoms with Crippen molar-refractivity contribution in [3.8, 4) is 0 Å². The lowest BCUT2D eigenvalue weighted by molar-refractivity contribution is -0.147. The number of nitrogens with zero attached hydrogens (tertiary/aromatic N) is 2. The highest BCUT2D eigenvalue weighted by Gasteiger charge is 2.47. The number of hydrogen-bond donors (Lipinski definition) is 0. The molecule has 7 heteroatoms. The summed E-state index contributed by atoms with van der Waals surface area (Å²) in [5, 5.41) is 0. The minimum atomic E-state index is -3.18. The van der Waals surface area contributed by atoms with Crippen LogP contribution in [0.25, 0.3) is 0 Å². The van der Waals surface area contributed by atoms with Crippen LogP contribution in [0.3, 0.4) is 0 Å². The highest BCUT2D eigenvalue weighted by atomic mass is 32.2. The third-order valence-corrected chi connectivity index (χ3v) is 8.44. The van der Waals surface area contributed by atoms with Gasteiger partial charge in [-0.25, -0.2) is 8.42 Å². The van der Waals surface area contributed by atoms with Crippen molar-refractivity contribution in [2.75, 3.05) is 26.0 Å². The van der Waals surface area contributed by atoms with E-state index < -0.39 is 10.0 Å². The number of likely N-dealkylation sites (tertiary alicyclic amines) is 1. The van der Waals surface area contributed by atoms with Crippen molar-refractivity contribution in [3.05, 3.63) is 0 Å². The van der Waals surface area contributed by atoms with Gasteiger partial charge in [0.2, 0.25) is 15.9 Å². The van der Waals surface area contributed by atoms with Crippen molar-refractivity contribution in [2.24, 2.45) is 5.92 Å². The van der Waals surface area contributed by atoms with Crippen molar-refractivity contribution in [2.45, 2.75) is 88.3 Å². The average molecular weight is 399 g/mol. The number of ether oxygens (including phenoxy) is 1. The summed E-state index contributed by atoms with van der Waals surface area (Å²) < 4.78 is 32.6. The molecule has 1 amide bonds. The Hall–Kier alpha value is -0.660. The zero-order chi connectivity index (χ0) is 19.1. The first kappa shape index (κ1) is 19.6. The van der Waals surface area contributed by atoms with E-state index in [0.29, 0.717) is 24.9 Å². The summed E-state index contributed by atoms with van der Waals surface area (Å²) in [7, 11) is -3.18. The van der Waals surface area contributed by atoms with Gasteiger partial charge in [0.15, 0.2) is 0 Å². The van der Waals surface area contributed by atoms with Gasteiger partial charge in [-0.05, 0) is 57.3 Å². The second-order valence-corrected chi connectivity index (χ2v) is 11.1. The van der Waals surface area contributed by atoms with E-state index in [2.05, 4.69) is 0 Å². The summed E-state index contributed by atoms with van der Waals surface area (Å²) in [6.07, 6.45) is 12.2. The lowest BCUT2D eigenvalue weighted by Gasteiger charge is -2.48. The Morgan fingerprint density at radius 1 is 1.07 bits per heavy atom. The van der Waals surface area contributed by atoms with E-state index in [9.17, 15) is 13.2 Å². The number of sulfonamides is 1. The summed E-state index contributed by atoms with van der Waals surface area (Å²) in [6, 6.07) is 0.259. The van der Waals surface area contributed by atoms with E-state index >= 15 is 0 Å². The Balaban J connectivity index is 1.35. The van der Waals surface area contributed by atoms with Crippen molar-refractivity contribution in [1.29, 1.82) is 0 Å². The maximum atomic E-state index is 12.6. The molecule has 0 aromatic carbocycles. The zero-order valence-electron chi connectivity index (χ0n) is 16.6. The molecule has 0 N–H and O–H groups in total. The lowest BCUT2D eigenvalue weighted by Crippen LogP contribution is -2.55. The number of amides is 1. The molecule has 0 aromatic heterocycles. The van der Waals surface area contributed by atoms with Gasteiger partial charge in [0.25, 0.3) is 0 Å². The molecule has 2 aliphatic heterocycles. The molecular formula is C20H34N2O4S. The molecule has 1 unspecified atom stereocenters. The fraction of sp³-hybridized carbons (Fsp3) is 0.950. The first-order valence-electron chi connectivity index (χ1n) is 10.8. The van der Waals surface area contributed by atoms with E-state index in [0.717, 1.165) is 51.6 Å². The van der Waals surface area contributed by atoms with Crippen molar-refractivity contribution in [1.82, 2.24) is 9.21 Å². The van der Waals surface area contributed by atoms with Gasteiger partial charge in [-0.1, -0.05) is 12.8 Å². The molecule has 0 aromatic rings. The quantitative estimate of drug-likeness (QED) is 0.714. The van der Waals surface area contributed by atoms with Crippen LogP contribution in [-0.2, 0) is 19.6 Å². The number of rotatable bonds is 5. The normalized spacial score (nSPS) is 29.6. The standard InChI is InChI=1S/C20H34N2O4S/c1-27(24,25)22(17-6-7-17)18-8-13-26-20(15-18)9-11-21(12-10-20)19(23)14-16-4-2-3-5-16/h16-18H,2-15H2,1H3. The van der Waals surface area contributed by atoms with Crippen molar-refractivity contribution >= 4 is 15.9 Å². The van der Waals surface area contributed by atoms with Gasteiger partial charge < -0.3 is 9.64 Å². The van der Waals surface area contributed by atoms with E-state index in [4.69, 9.17) is 4.74 Å². The van der Waals surface area contributed by atoms with Crippen LogP contribution in [0, 0.1) is 5.92 Å². The Bertz CT molecular complexity index is 647. The fourth-order valence-electron chi connectivity index (χ4n) is 5.49. The maximum absolute atomic E-state index is 12.6. The molecule has 2 heterocycles. The van der Waals surface area contributed by atoms with E-state index in [1.807, 2.05) is 4.90 Å². The molecule has 27 heavy (non-hydrogen) atoms. The summed E-state index contributed by atoms with van der Waals surface area (Å²) in [4.78, 5) is 14.6. The van der Waals surface area contributed by atoms with E-state index in [1.54, 1.807) is 4.31 Å². The Morgan fingerprint density at radius 3 is 2.33 bits per heavy atom. The Kier molecular flexibility index (Phi) is 5.56. The molecule has 154 valence electrons. The molecule has 2 saturated carbocycles. The minimum Gasteiger partial charge on any atom is -0.375 e. The average Bonchev–Trinajstić information content (AvgIpc) is 3.29. The lowest BCUT2D eigenvalue weighted by atomic mass is 9.82. The van der Waals surface area contributed by atoms with Gasteiger partial charge in [0, 0.05) is 38.2 Å². The fourth-order valence-corrected chi connectivity index (χ4v) is 6.96. The van der Waals surface area contributed by atoms with Crippen LogP contribution >= 0.6 is 0 Å². The van der Waals surface area contributed by atoms with Crippen LogP contribution in [0.4, 0.5) is 0 Å². The molecule has 1 spiro atoms. The SMILES string of the molecule is CS(=O)(=O)N(C1CC1)C1CCOC2(CCN(C(=O)CC3CCCC3)CC2)C1. The summed E-state index contributed by atoms with van der Waals surface area (Å²) >= 11 is 0. The molecule has 2 saturated heterocycles. The van der Waals surface area contributed by atoms with E-state index in [1.165, 1.54) is 31.9 Å². The smallest absolute Gasteiger partial charge is 0.222 e. The predicted molar refractivity (Wildman–Crippen MR) is 104 cm³/mol. The van der Waals surface area contributed by atoms with Crippen LogP contribution in [0.5, 0.6) is 0 Å². The van der Waals surface area contributed by atoms with Crippen LogP contribution in [0.1, 0.15) is 70.6 Å². The highest BCUT2D eigenvalue weighted by Crippen LogP contribution is 2.41. The third-order valence-electron chi connectivity index (χ3n) is 7.08. The number of carbonyl (C=O) groups excluding carboxylic acids is 1. The second kappa shape index (κ2) is 7.64. The Labute approximate surface area is 163 Å². The molecule has 4 aliphatic rings. The summed E-state index contributed by atoms with van der Waals surface area (Å²) in [6.45, 7) is 2.13. The number of piperidine rings is 1. The summed E-state index contributed by atoms with van der Waals surface area (Å²) in [5.41, 5.74) is -0.245. The van der Waals surface area contributed by atoms with Crippen LogP contribution in [-0.4, -0.2) is 67.2 Å². The zero-order valence-corrected chi connectivity index (χ0v) is 17.4. The molecule has 6 nitrogen and oxygen atoms in total. The molecule has 2 aliphatic carbocycles. The van der Waals surface area contributed by atoms with Crippen molar-refractivity contribution < 1.29 is 17.9 Å². The highest BCUT2D eigenvalue weighted by molar-refractivity contribution is 7.88. The predicted octanol–water partition coefficient (Wildman–Crippen LogP) is 2.53. The van der Waals surface area contributed by atoms with Crippen LogP contribution in [0.15, 0.2) is 0 Å². The maximum Gasteiger partial charge on any atom is 0.222 e. The van der Waals surface area contributed by atoms with Gasteiger partial charge in [-0.2, -0.15) is 4.31 Å². The Morgan fingerprint density at radius 2 is 1.74 bits per heavy atom. The van der Waals surface area contributed by atoms with Gasteiger partial charge in [0.05, 0.1) is 11.9 Å². The topological polar surface area (TPSA) is 66.9 Å². The third kappa shape index (κ3) is 4.51. The molecule has 4 rings (SSSR count). The second-order valence-electron chi connectivity index (χ2n) is 9.24. The van der Waals surface area contributed by atoms with E-state index in [-0.39, 0.29) is 17.7 Å². The van der Waals surface area contributed by atoms with Gasteiger partial charge in [-0.3, -0.25) is 4.79 Å². The number of hydrogen-bond acceptors (Lipinski definition) is 4. The van der Waals surface area contributed by atoms with Gasteiger partial charge in [0.1, 0.15) is 0 Å². The van der Waals surface area contributed by atoms with Crippen LogP contribution in [0.2, 0.25) is 0 Å². The molecular weight excluding hydrogens is 364 g/mol. The molecule has 4 fully saturated rings. The molecule has 0 bridgehead atoms. The first-order chi connectivity index (χ1) is 12.9. The van der Waals surface area contributed by atoms with Gasteiger partial charge >= 0.3 is 0 Å². The number of carbonyl (C=O) groups is 1. The van der Waals surface area contributed by atoms with Crippen molar-refractivity contribution in [3.63, 3.8) is 0 Å². The van der Waals surface area contributed by atoms with Crippen LogP contribution < -0.4 is 0 Å². The molecule has 1 atom stereocenters. The molecule has 0 radical (unpaired) electrons. The summed E-state index contributed by atoms with van der Waals surface area (Å²) in [5.74, 6) is 0.894. The first-order valence-corrected chi connectivity index (χ1v) is 12.6. The monoisotopic (exact) mass is 398 g/mol. The van der Waals surface area contributed by atoms with Gasteiger partial charge in [-0.15, -0.1) is 0 Å². The minimum absolute atomic E-state index is 0.0574. The largest absolute Gasteiger partial charge is 0.375 e.